The highest BCUT2D eigenvalue weighted by molar-refractivity contribution is 7.32. The summed E-state index contributed by atoms with van der Waals surface area (Å²) in [6.45, 7) is 0. The molecule has 0 bridgehead atoms. The van der Waals surface area contributed by atoms with Crippen LogP contribution in [-0.4, -0.2) is 17.0 Å². The van der Waals surface area contributed by atoms with Gasteiger partial charge in [0.1, 0.15) is 0 Å². The summed E-state index contributed by atoms with van der Waals surface area (Å²) in [5.74, 6) is -2.65. The molecule has 0 aromatic heterocycles. The molecule has 0 radical (unpaired) electrons. The van der Waals surface area contributed by atoms with Gasteiger partial charge in [0.05, 0.1) is 0 Å². The van der Waals surface area contributed by atoms with Crippen molar-refractivity contribution >= 4 is 14.2 Å². The molecule has 8 heteroatoms. The third-order valence-corrected chi connectivity index (χ3v) is 0.771. The van der Waals surface area contributed by atoms with Crippen LogP contribution >= 0.6 is 8.25 Å². The summed E-state index contributed by atoms with van der Waals surface area (Å²) in [4.78, 5) is 17.3. The van der Waals surface area contributed by atoms with Crippen molar-refractivity contribution in [1.82, 2.24) is 0 Å². The smallest absolute Gasteiger partial charge is 0.387 e. The first-order valence-electron chi connectivity index (χ1n) is 1.86. The van der Waals surface area contributed by atoms with Gasteiger partial charge < -0.3 is 9.42 Å². The van der Waals surface area contributed by atoms with Crippen molar-refractivity contribution in [3.63, 3.8) is 0 Å². The topological polar surface area (TPSA) is 63.6 Å². The maximum absolute atomic E-state index is 11.1. The Labute approximate surface area is 53.5 Å². The van der Waals surface area contributed by atoms with E-state index in [0.29, 0.717) is 0 Å². The molecule has 60 valence electrons. The maximum Gasteiger partial charge on any atom is 0.491 e. The second kappa shape index (κ2) is 3.03. The van der Waals surface area contributed by atoms with Crippen LogP contribution in [0.1, 0.15) is 0 Å². The van der Waals surface area contributed by atoms with E-state index in [1.54, 1.807) is 0 Å². The first kappa shape index (κ1) is 9.45. The van der Waals surface area contributed by atoms with Gasteiger partial charge in [0.15, 0.2) is 0 Å². The van der Waals surface area contributed by atoms with Gasteiger partial charge in [0.25, 0.3) is 0 Å². The Balaban J connectivity index is 3.99. The number of carbonyl (C=O) groups is 1. The van der Waals surface area contributed by atoms with Crippen LogP contribution in [0, 0.1) is 0 Å². The van der Waals surface area contributed by atoms with Gasteiger partial charge in [-0.15, -0.1) is 0 Å². The van der Waals surface area contributed by atoms with Crippen LogP contribution in [0.2, 0.25) is 0 Å². The van der Waals surface area contributed by atoms with E-state index in [2.05, 4.69) is 4.52 Å². The van der Waals surface area contributed by atoms with Gasteiger partial charge >= 0.3 is 20.4 Å². The van der Waals surface area contributed by atoms with Crippen LogP contribution in [0.3, 0.4) is 0 Å². The molecule has 0 aromatic carbocycles. The third-order valence-electron chi connectivity index (χ3n) is 0.411. The molecule has 0 saturated heterocycles. The van der Waals surface area contributed by atoms with Crippen LogP contribution in [-0.2, 0) is 13.9 Å². The second-order valence-corrected chi connectivity index (χ2v) is 1.89. The lowest BCUT2D eigenvalue weighted by Gasteiger charge is -2.02. The predicted molar refractivity (Wildman–Crippen MR) is 23.4 cm³/mol. The predicted octanol–water partition coefficient (Wildman–Crippen LogP) is 0.474. The van der Waals surface area contributed by atoms with Crippen LogP contribution in [0.5, 0.6) is 0 Å². The van der Waals surface area contributed by atoms with Crippen molar-refractivity contribution in [2.45, 2.75) is 6.18 Å². The number of alkyl halides is 3. The van der Waals surface area contributed by atoms with Gasteiger partial charge in [-0.05, 0) is 0 Å². The summed E-state index contributed by atoms with van der Waals surface area (Å²) in [5.41, 5.74) is 0. The van der Waals surface area contributed by atoms with E-state index < -0.39 is 20.4 Å². The summed E-state index contributed by atoms with van der Waals surface area (Å²) in [7, 11) is -3.84. The van der Waals surface area contributed by atoms with Crippen molar-refractivity contribution in [1.29, 1.82) is 0 Å². The Morgan fingerprint density at radius 2 is 1.90 bits per heavy atom. The molecule has 0 aromatic rings. The first-order valence-corrected chi connectivity index (χ1v) is 3.12. The fraction of sp³-hybridized carbons (Fsp3) is 0.500. The lowest BCUT2D eigenvalue weighted by molar-refractivity contribution is -0.189. The molecule has 0 aliphatic rings. The van der Waals surface area contributed by atoms with E-state index in [4.69, 9.17) is 4.89 Å². The molecule has 4 nitrogen and oxygen atoms in total. The van der Waals surface area contributed by atoms with Gasteiger partial charge in [0.2, 0.25) is 0 Å². The van der Waals surface area contributed by atoms with E-state index in [0.717, 1.165) is 0 Å². The minimum Gasteiger partial charge on any atom is -0.387 e. The molecule has 0 spiro atoms. The van der Waals surface area contributed by atoms with Gasteiger partial charge in [-0.1, -0.05) is 0 Å². The lowest BCUT2D eigenvalue weighted by Crippen LogP contribution is -2.22. The molecular weight excluding hydrogens is 176 g/mol. The maximum atomic E-state index is 11.1. The van der Waals surface area contributed by atoms with Crippen molar-refractivity contribution in [2.75, 3.05) is 0 Å². The van der Waals surface area contributed by atoms with Crippen LogP contribution in [0.15, 0.2) is 0 Å². The second-order valence-electron chi connectivity index (χ2n) is 1.15. The molecule has 1 unspecified atom stereocenters. The van der Waals surface area contributed by atoms with Crippen molar-refractivity contribution in [3.8, 4) is 0 Å². The zero-order valence-corrected chi connectivity index (χ0v) is 5.31. The highest BCUT2D eigenvalue weighted by atomic mass is 31.1. The number of halogens is 3. The molecule has 0 saturated carbocycles. The van der Waals surface area contributed by atoms with Gasteiger partial charge in [0, 0.05) is 0 Å². The Kier molecular flexibility index (Phi) is 2.86. The summed E-state index contributed by atoms with van der Waals surface area (Å²) in [5, 5.41) is 0. The normalized spacial score (nSPS) is 14.4. The minimum atomic E-state index is -5.21. The van der Waals surface area contributed by atoms with E-state index in [9.17, 15) is 22.5 Å². The van der Waals surface area contributed by atoms with Gasteiger partial charge in [-0.25, -0.2) is 9.36 Å². The van der Waals surface area contributed by atoms with Crippen LogP contribution < -0.4 is 0 Å². The van der Waals surface area contributed by atoms with Gasteiger partial charge in [-0.2, -0.15) is 13.2 Å². The number of hydrogen-bond donors (Lipinski definition) is 1. The quantitative estimate of drug-likeness (QED) is 0.593. The van der Waals surface area contributed by atoms with E-state index in [-0.39, 0.29) is 0 Å². The highest BCUT2D eigenvalue weighted by Crippen LogP contribution is 2.24. The summed E-state index contributed by atoms with van der Waals surface area (Å²) >= 11 is 0. The SMILES string of the molecule is O=C(O[PH](=O)O)C(F)(F)F. The lowest BCUT2D eigenvalue weighted by atomic mass is 10.7. The Bertz CT molecular complexity index is 162. The Morgan fingerprint density at radius 3 is 2.00 bits per heavy atom. The van der Waals surface area contributed by atoms with E-state index in [1.165, 1.54) is 0 Å². The fourth-order valence-corrected chi connectivity index (χ4v) is 0.411. The Morgan fingerprint density at radius 1 is 1.50 bits per heavy atom. The summed E-state index contributed by atoms with van der Waals surface area (Å²) < 4.78 is 45.8. The monoisotopic (exact) mass is 178 g/mol. The number of carbonyl (C=O) groups excluding carboxylic acids is 1. The van der Waals surface area contributed by atoms with Crippen LogP contribution in [0.25, 0.3) is 0 Å². The molecule has 1 atom stereocenters. The van der Waals surface area contributed by atoms with E-state index in [1.807, 2.05) is 0 Å². The van der Waals surface area contributed by atoms with Crippen molar-refractivity contribution < 1.29 is 31.9 Å². The molecule has 0 aliphatic heterocycles. The number of rotatable bonds is 1. The zero-order valence-electron chi connectivity index (χ0n) is 4.31. The molecule has 0 rings (SSSR count). The van der Waals surface area contributed by atoms with E-state index >= 15 is 0 Å². The summed E-state index contributed by atoms with van der Waals surface area (Å²) in [6.07, 6.45) is -5.21. The highest BCUT2D eigenvalue weighted by Gasteiger charge is 2.41. The third kappa shape index (κ3) is 3.47. The average molecular weight is 178 g/mol. The van der Waals surface area contributed by atoms with Crippen molar-refractivity contribution in [2.24, 2.45) is 0 Å². The molecule has 0 aliphatic carbocycles. The van der Waals surface area contributed by atoms with Crippen molar-refractivity contribution in [3.05, 3.63) is 0 Å². The minimum absolute atomic E-state index is 2.65. The average Bonchev–Trinajstić information content (AvgIpc) is 1.60. The first-order chi connectivity index (χ1) is 4.34. The number of hydrogen-bond acceptors (Lipinski definition) is 3. The largest absolute Gasteiger partial charge is 0.491 e. The summed E-state index contributed by atoms with van der Waals surface area (Å²) in [6, 6.07) is 0. The van der Waals surface area contributed by atoms with Gasteiger partial charge in [-0.3, -0.25) is 0 Å². The molecular formula is C2H2F3O4P. The molecule has 0 heterocycles. The molecule has 0 amide bonds. The zero-order chi connectivity index (χ0) is 8.36. The molecule has 1 N–H and O–H groups in total. The fourth-order valence-electron chi connectivity index (χ4n) is 0.137. The molecule has 10 heavy (non-hydrogen) atoms. The standard InChI is InChI=1S/C2H2F3O4P/c3-2(4,5)1(6)9-10(7)8/h10H,(H,7,8). The Hall–Kier alpha value is -0.550. The van der Waals surface area contributed by atoms with Crippen LogP contribution in [0.4, 0.5) is 13.2 Å². The molecule has 0 fully saturated rings.